The lowest BCUT2D eigenvalue weighted by Crippen LogP contribution is -2.06. The largest absolute Gasteiger partial charge is 0.260 e. The molecule has 9 heteroatoms. The summed E-state index contributed by atoms with van der Waals surface area (Å²) in [4.78, 5) is 15.1. The predicted molar refractivity (Wildman–Crippen MR) is 199 cm³/mol. The predicted octanol–water partition coefficient (Wildman–Crippen LogP) is 8.82. The van der Waals surface area contributed by atoms with Crippen LogP contribution in [0.1, 0.15) is 0 Å². The number of rotatable bonds is 6. The maximum Gasteiger partial charge on any atom is 0.260 e. The van der Waals surface area contributed by atoms with Crippen LogP contribution in [-0.2, 0) is 0 Å². The highest BCUT2D eigenvalue weighted by Gasteiger charge is 2.23. The van der Waals surface area contributed by atoms with Crippen molar-refractivity contribution in [3.8, 4) is 67.5 Å². The van der Waals surface area contributed by atoms with Crippen LogP contribution < -0.4 is 0 Å². The summed E-state index contributed by atoms with van der Waals surface area (Å²) in [7, 11) is 0. The summed E-state index contributed by atoms with van der Waals surface area (Å²) in [5, 5.41) is 15.0. The van der Waals surface area contributed by atoms with E-state index < -0.39 is 0 Å². The lowest BCUT2D eigenvalue weighted by Gasteiger charge is -2.06. The quantitative estimate of drug-likeness (QED) is 0.178. The average Bonchev–Trinajstić information content (AvgIpc) is 3.97. The van der Waals surface area contributed by atoms with Gasteiger partial charge in [0, 0.05) is 16.7 Å². The summed E-state index contributed by atoms with van der Waals surface area (Å²) in [5.41, 5.74) is 9.20. The number of benzene rings is 6. The second-order valence-electron chi connectivity index (χ2n) is 12.2. The topological polar surface area (TPSA) is 90.6 Å². The molecule has 0 radical (unpaired) electrons. The molecule has 0 aliphatic heterocycles. The van der Waals surface area contributed by atoms with Gasteiger partial charge in [-0.15, -0.1) is 15.3 Å². The first kappa shape index (κ1) is 28.7. The zero-order valence-electron chi connectivity index (χ0n) is 27.1. The Morgan fingerprint density at radius 3 is 1.27 bits per heavy atom. The molecule has 0 N–H and O–H groups in total. The van der Waals surface area contributed by atoms with Gasteiger partial charge >= 0.3 is 0 Å². The van der Waals surface area contributed by atoms with Crippen molar-refractivity contribution in [1.82, 2.24) is 43.8 Å². The summed E-state index contributed by atoms with van der Waals surface area (Å²) in [5.74, 6) is 3.07. The van der Waals surface area contributed by atoms with Gasteiger partial charge in [0.15, 0.2) is 17.5 Å². The fourth-order valence-electron chi connectivity index (χ4n) is 6.54. The molecule has 10 rings (SSSR count). The minimum atomic E-state index is 0.478. The molecule has 0 saturated heterocycles. The molecule has 0 aliphatic carbocycles. The summed E-state index contributed by atoms with van der Waals surface area (Å²) in [6.07, 6.45) is 0. The third kappa shape index (κ3) is 4.95. The Morgan fingerprint density at radius 2 is 0.667 bits per heavy atom. The molecule has 51 heavy (non-hydrogen) atoms. The first-order chi connectivity index (χ1) is 25.3. The summed E-state index contributed by atoms with van der Waals surface area (Å²) < 4.78 is 5.11. The van der Waals surface area contributed by atoms with Crippen LogP contribution in [-0.4, -0.2) is 43.8 Å². The molecule has 0 spiro atoms. The van der Waals surface area contributed by atoms with Crippen molar-refractivity contribution in [3.05, 3.63) is 164 Å². The van der Waals surface area contributed by atoms with Crippen molar-refractivity contribution in [3.63, 3.8) is 0 Å². The van der Waals surface area contributed by atoms with Gasteiger partial charge in [0.25, 0.3) is 17.3 Å². The van der Waals surface area contributed by atoms with Crippen LogP contribution in [0.15, 0.2) is 164 Å². The molecule has 10 aromatic rings. The summed E-state index contributed by atoms with van der Waals surface area (Å²) in [6, 6.07) is 55.5. The van der Waals surface area contributed by atoms with Crippen LogP contribution in [0.25, 0.3) is 84.9 Å². The third-order valence-corrected chi connectivity index (χ3v) is 9.07. The van der Waals surface area contributed by atoms with E-state index in [1.165, 1.54) is 0 Å². The third-order valence-electron chi connectivity index (χ3n) is 9.07. The Kier molecular flexibility index (Phi) is 6.60. The van der Waals surface area contributed by atoms with Crippen molar-refractivity contribution >= 4 is 17.3 Å². The van der Waals surface area contributed by atoms with Gasteiger partial charge in [-0.25, -0.2) is 0 Å². The van der Waals surface area contributed by atoms with E-state index in [0.717, 1.165) is 50.1 Å². The Morgan fingerprint density at radius 1 is 0.275 bits per heavy atom. The van der Waals surface area contributed by atoms with Crippen LogP contribution in [0.3, 0.4) is 0 Å². The molecule has 9 nitrogen and oxygen atoms in total. The second-order valence-corrected chi connectivity index (χ2v) is 12.2. The molecule has 0 amide bonds. The molecule has 4 heterocycles. The van der Waals surface area contributed by atoms with Crippen LogP contribution in [0.4, 0.5) is 0 Å². The number of aromatic nitrogens is 9. The van der Waals surface area contributed by atoms with Crippen molar-refractivity contribution in [1.29, 1.82) is 0 Å². The van der Waals surface area contributed by atoms with Gasteiger partial charge in [-0.05, 0) is 39.4 Å². The summed E-state index contributed by atoms with van der Waals surface area (Å²) in [6.45, 7) is 0. The van der Waals surface area contributed by atoms with E-state index in [4.69, 9.17) is 30.2 Å². The van der Waals surface area contributed by atoms with E-state index in [0.29, 0.717) is 34.8 Å². The van der Waals surface area contributed by atoms with E-state index in [-0.39, 0.29) is 0 Å². The monoisotopic (exact) mass is 657 g/mol. The van der Waals surface area contributed by atoms with E-state index >= 15 is 0 Å². The maximum atomic E-state index is 5.08. The van der Waals surface area contributed by atoms with Crippen molar-refractivity contribution < 1.29 is 0 Å². The lowest BCUT2D eigenvalue weighted by molar-refractivity contribution is 0.817. The van der Waals surface area contributed by atoms with Crippen LogP contribution >= 0.6 is 0 Å². The molecular weight excluding hydrogens is 631 g/mol. The van der Waals surface area contributed by atoms with Crippen molar-refractivity contribution in [2.45, 2.75) is 0 Å². The molecule has 0 fully saturated rings. The highest BCUT2D eigenvalue weighted by Crippen LogP contribution is 2.32. The Balaban J connectivity index is 1.18. The minimum absolute atomic E-state index is 0.478. The zero-order chi connectivity index (χ0) is 33.7. The zero-order valence-corrected chi connectivity index (χ0v) is 27.1. The minimum Gasteiger partial charge on any atom is -0.189 e. The van der Waals surface area contributed by atoms with Gasteiger partial charge in [0.05, 0.1) is 0 Å². The molecular formula is C42H27N9. The number of hydrogen-bond acceptors (Lipinski definition) is 6. The van der Waals surface area contributed by atoms with Gasteiger partial charge < -0.3 is 0 Å². The molecule has 0 aliphatic rings. The van der Waals surface area contributed by atoms with Crippen molar-refractivity contribution in [2.75, 3.05) is 0 Å². The van der Waals surface area contributed by atoms with Gasteiger partial charge in [-0.1, -0.05) is 158 Å². The highest BCUT2D eigenvalue weighted by molar-refractivity contribution is 5.81. The Hall–Kier alpha value is -7.26. The SMILES string of the molecule is c1ccc(-c2ccc(-c3nc4n(n3)c3nc(-c5cccc(-c6ccccc6)c5)nn3c3nc(-c5ccccc5-c5ccccc5)nn43)cc2)cc1. The normalized spacial score (nSPS) is 11.5. The van der Waals surface area contributed by atoms with Gasteiger partial charge in [0.1, 0.15) is 0 Å². The number of hydrogen-bond donors (Lipinski definition) is 0. The van der Waals surface area contributed by atoms with Crippen molar-refractivity contribution in [2.24, 2.45) is 0 Å². The van der Waals surface area contributed by atoms with Gasteiger partial charge in [-0.3, -0.25) is 0 Å². The fourth-order valence-corrected chi connectivity index (χ4v) is 6.54. The van der Waals surface area contributed by atoms with Crippen LogP contribution in [0, 0.1) is 0 Å². The smallest absolute Gasteiger partial charge is 0.189 e. The van der Waals surface area contributed by atoms with Crippen LogP contribution in [0.5, 0.6) is 0 Å². The van der Waals surface area contributed by atoms with E-state index in [9.17, 15) is 0 Å². The first-order valence-corrected chi connectivity index (χ1v) is 16.7. The van der Waals surface area contributed by atoms with Crippen LogP contribution in [0.2, 0.25) is 0 Å². The molecule has 6 aromatic carbocycles. The van der Waals surface area contributed by atoms with E-state index in [1.807, 2.05) is 97.1 Å². The standard InChI is InChI=1S/C42H27N9/c1-4-13-28(14-5-1)30-23-25-32(26-24-30)37-43-40-49(46-37)41-44-38(34-20-12-19-33(27-34)29-15-6-2-7-16-29)47-50(41)42-45-39(48-51(40)42)36-22-11-10-21-35(36)31-17-8-3-9-18-31/h1-27H. The highest BCUT2D eigenvalue weighted by atomic mass is 15.5. The average molecular weight is 658 g/mol. The molecule has 0 unspecified atom stereocenters. The Labute approximate surface area is 291 Å². The van der Waals surface area contributed by atoms with Gasteiger partial charge in [0.2, 0.25) is 0 Å². The van der Waals surface area contributed by atoms with Gasteiger partial charge in [-0.2, -0.15) is 28.5 Å². The summed E-state index contributed by atoms with van der Waals surface area (Å²) >= 11 is 0. The molecule has 0 bridgehead atoms. The molecule has 0 saturated carbocycles. The molecule has 0 atom stereocenters. The van der Waals surface area contributed by atoms with E-state index in [2.05, 4.69) is 66.7 Å². The molecule has 4 aromatic heterocycles. The lowest BCUT2D eigenvalue weighted by atomic mass is 9.99. The second kappa shape index (κ2) is 11.7. The van der Waals surface area contributed by atoms with E-state index in [1.54, 1.807) is 13.5 Å². The number of nitrogens with zero attached hydrogens (tertiary/aromatic N) is 9. The fraction of sp³-hybridized carbons (Fsp3) is 0. The maximum absolute atomic E-state index is 5.08. The Bertz CT molecular complexity index is 2830. The number of fused-ring (bicyclic) bond motifs is 6. The first-order valence-electron chi connectivity index (χ1n) is 16.7. The molecule has 240 valence electrons.